The Kier molecular flexibility index (Phi) is 4.84. The second kappa shape index (κ2) is 6.19. The number of benzene rings is 1. The zero-order chi connectivity index (χ0) is 11.1. The number of carbonyl (C=O) groups is 1. The highest BCUT2D eigenvalue weighted by atomic mass is 16.1. The van der Waals surface area contributed by atoms with Crippen LogP contribution in [0.3, 0.4) is 0 Å². The Morgan fingerprint density at radius 3 is 2.87 bits per heavy atom. The summed E-state index contributed by atoms with van der Waals surface area (Å²) in [7, 11) is 1.92. The molecule has 0 aromatic heterocycles. The van der Waals surface area contributed by atoms with Crippen LogP contribution in [-0.4, -0.2) is 26.0 Å². The SMILES string of the molecule is CCNC(=O)c1cccc(CCNC)c1. The van der Waals surface area contributed by atoms with E-state index in [-0.39, 0.29) is 5.91 Å². The van der Waals surface area contributed by atoms with Crippen molar-refractivity contribution in [3.05, 3.63) is 35.4 Å². The lowest BCUT2D eigenvalue weighted by molar-refractivity contribution is 0.0955. The molecule has 0 aliphatic rings. The van der Waals surface area contributed by atoms with Crippen LogP contribution >= 0.6 is 0 Å². The van der Waals surface area contributed by atoms with E-state index >= 15 is 0 Å². The summed E-state index contributed by atoms with van der Waals surface area (Å²) in [6.07, 6.45) is 0.948. The van der Waals surface area contributed by atoms with E-state index < -0.39 is 0 Å². The zero-order valence-corrected chi connectivity index (χ0v) is 9.34. The molecule has 1 aromatic carbocycles. The van der Waals surface area contributed by atoms with Crippen molar-refractivity contribution in [2.24, 2.45) is 0 Å². The summed E-state index contributed by atoms with van der Waals surface area (Å²) in [6.45, 7) is 3.52. The minimum Gasteiger partial charge on any atom is -0.352 e. The van der Waals surface area contributed by atoms with Crippen molar-refractivity contribution in [1.82, 2.24) is 10.6 Å². The number of hydrogen-bond acceptors (Lipinski definition) is 2. The molecule has 3 heteroatoms. The molecule has 0 unspecified atom stereocenters. The minimum atomic E-state index is 0.00353. The van der Waals surface area contributed by atoms with Gasteiger partial charge in [0.05, 0.1) is 0 Å². The van der Waals surface area contributed by atoms with Crippen molar-refractivity contribution in [2.75, 3.05) is 20.1 Å². The molecule has 0 saturated heterocycles. The topological polar surface area (TPSA) is 41.1 Å². The number of hydrogen-bond donors (Lipinski definition) is 2. The van der Waals surface area contributed by atoms with Crippen LogP contribution in [0.1, 0.15) is 22.8 Å². The van der Waals surface area contributed by atoms with Gasteiger partial charge in [0.1, 0.15) is 0 Å². The van der Waals surface area contributed by atoms with Crippen molar-refractivity contribution >= 4 is 5.91 Å². The molecule has 0 spiro atoms. The summed E-state index contributed by atoms with van der Waals surface area (Å²) in [4.78, 5) is 11.5. The van der Waals surface area contributed by atoms with Crippen molar-refractivity contribution < 1.29 is 4.79 Å². The van der Waals surface area contributed by atoms with Crippen LogP contribution < -0.4 is 10.6 Å². The fourth-order valence-corrected chi connectivity index (χ4v) is 1.40. The predicted molar refractivity (Wildman–Crippen MR) is 62.1 cm³/mol. The fourth-order valence-electron chi connectivity index (χ4n) is 1.40. The number of nitrogens with one attached hydrogen (secondary N) is 2. The lowest BCUT2D eigenvalue weighted by atomic mass is 10.1. The first kappa shape index (κ1) is 11.7. The lowest BCUT2D eigenvalue weighted by Crippen LogP contribution is -2.22. The Morgan fingerprint density at radius 2 is 2.20 bits per heavy atom. The Balaban J connectivity index is 2.69. The third kappa shape index (κ3) is 3.72. The van der Waals surface area contributed by atoms with E-state index in [0.29, 0.717) is 6.54 Å². The van der Waals surface area contributed by atoms with Gasteiger partial charge in [0, 0.05) is 12.1 Å². The maximum Gasteiger partial charge on any atom is 0.251 e. The van der Waals surface area contributed by atoms with Gasteiger partial charge in [0.25, 0.3) is 5.91 Å². The van der Waals surface area contributed by atoms with E-state index in [2.05, 4.69) is 10.6 Å². The number of rotatable bonds is 5. The molecule has 0 fully saturated rings. The van der Waals surface area contributed by atoms with Crippen molar-refractivity contribution in [3.8, 4) is 0 Å². The number of amides is 1. The van der Waals surface area contributed by atoms with Gasteiger partial charge in [-0.05, 0) is 44.6 Å². The van der Waals surface area contributed by atoms with Crippen LogP contribution in [-0.2, 0) is 6.42 Å². The molecule has 82 valence electrons. The molecule has 1 amide bonds. The molecule has 3 nitrogen and oxygen atoms in total. The normalized spacial score (nSPS) is 10.0. The largest absolute Gasteiger partial charge is 0.352 e. The van der Waals surface area contributed by atoms with Crippen LogP contribution in [0.15, 0.2) is 24.3 Å². The molecule has 0 saturated carbocycles. The van der Waals surface area contributed by atoms with Crippen LogP contribution in [0, 0.1) is 0 Å². The highest BCUT2D eigenvalue weighted by Crippen LogP contribution is 2.05. The van der Waals surface area contributed by atoms with Crippen molar-refractivity contribution in [2.45, 2.75) is 13.3 Å². The van der Waals surface area contributed by atoms with Crippen LogP contribution in [0.4, 0.5) is 0 Å². The van der Waals surface area contributed by atoms with Gasteiger partial charge in [-0.25, -0.2) is 0 Å². The molecule has 0 bridgehead atoms. The van der Waals surface area contributed by atoms with Gasteiger partial charge in [-0.15, -0.1) is 0 Å². The van der Waals surface area contributed by atoms with Crippen LogP contribution in [0.25, 0.3) is 0 Å². The highest BCUT2D eigenvalue weighted by molar-refractivity contribution is 5.94. The molecule has 0 atom stereocenters. The first-order valence-electron chi connectivity index (χ1n) is 5.29. The van der Waals surface area contributed by atoms with E-state index in [4.69, 9.17) is 0 Å². The summed E-state index contributed by atoms with van der Waals surface area (Å²) in [5.41, 5.74) is 1.93. The minimum absolute atomic E-state index is 0.00353. The maximum atomic E-state index is 11.5. The first-order valence-corrected chi connectivity index (χ1v) is 5.29. The van der Waals surface area contributed by atoms with Gasteiger partial charge in [0.2, 0.25) is 0 Å². The van der Waals surface area contributed by atoms with E-state index in [1.807, 2.05) is 38.2 Å². The summed E-state index contributed by atoms with van der Waals surface area (Å²) in [6, 6.07) is 7.76. The van der Waals surface area contributed by atoms with Gasteiger partial charge in [-0.1, -0.05) is 12.1 Å². The van der Waals surface area contributed by atoms with Crippen LogP contribution in [0.5, 0.6) is 0 Å². The quantitative estimate of drug-likeness (QED) is 0.760. The van der Waals surface area contributed by atoms with Gasteiger partial charge < -0.3 is 10.6 Å². The second-order valence-electron chi connectivity index (χ2n) is 3.41. The predicted octanol–water partition coefficient (Wildman–Crippen LogP) is 1.20. The Labute approximate surface area is 90.9 Å². The molecular weight excluding hydrogens is 188 g/mol. The third-order valence-corrected chi connectivity index (χ3v) is 2.19. The molecule has 2 N–H and O–H groups in total. The molecule has 0 heterocycles. The highest BCUT2D eigenvalue weighted by Gasteiger charge is 2.03. The van der Waals surface area contributed by atoms with Gasteiger partial charge in [0.15, 0.2) is 0 Å². The monoisotopic (exact) mass is 206 g/mol. The summed E-state index contributed by atoms with van der Waals surface area (Å²) < 4.78 is 0. The van der Waals surface area contributed by atoms with E-state index in [1.54, 1.807) is 0 Å². The Hall–Kier alpha value is -1.35. The smallest absolute Gasteiger partial charge is 0.251 e. The standard InChI is InChI=1S/C12H18N2O/c1-3-14-12(15)11-6-4-5-10(9-11)7-8-13-2/h4-6,9,13H,3,7-8H2,1-2H3,(H,14,15). The average molecular weight is 206 g/mol. The van der Waals surface area contributed by atoms with E-state index in [9.17, 15) is 4.79 Å². The molecule has 0 aliphatic heterocycles. The van der Waals surface area contributed by atoms with Crippen molar-refractivity contribution in [3.63, 3.8) is 0 Å². The van der Waals surface area contributed by atoms with Gasteiger partial charge >= 0.3 is 0 Å². The molecule has 0 aliphatic carbocycles. The molecule has 15 heavy (non-hydrogen) atoms. The third-order valence-electron chi connectivity index (χ3n) is 2.19. The van der Waals surface area contributed by atoms with E-state index in [1.165, 1.54) is 5.56 Å². The number of likely N-dealkylation sites (N-methyl/N-ethyl adjacent to an activating group) is 1. The van der Waals surface area contributed by atoms with E-state index in [0.717, 1.165) is 18.5 Å². The Bertz CT molecular complexity index is 323. The summed E-state index contributed by atoms with van der Waals surface area (Å²) in [5, 5.41) is 5.88. The fraction of sp³-hybridized carbons (Fsp3) is 0.417. The first-order chi connectivity index (χ1) is 7.27. The van der Waals surface area contributed by atoms with Crippen molar-refractivity contribution in [1.29, 1.82) is 0 Å². The van der Waals surface area contributed by atoms with Gasteiger partial charge in [-0.2, -0.15) is 0 Å². The summed E-state index contributed by atoms with van der Waals surface area (Å²) >= 11 is 0. The number of carbonyl (C=O) groups excluding carboxylic acids is 1. The zero-order valence-electron chi connectivity index (χ0n) is 9.34. The maximum absolute atomic E-state index is 11.5. The van der Waals surface area contributed by atoms with Crippen LogP contribution in [0.2, 0.25) is 0 Å². The molecular formula is C12H18N2O. The Morgan fingerprint density at radius 1 is 1.40 bits per heavy atom. The van der Waals surface area contributed by atoms with Gasteiger partial charge in [-0.3, -0.25) is 4.79 Å². The summed E-state index contributed by atoms with van der Waals surface area (Å²) in [5.74, 6) is 0.00353. The second-order valence-corrected chi connectivity index (χ2v) is 3.41. The average Bonchev–Trinajstić information content (AvgIpc) is 2.27. The molecule has 1 aromatic rings. The molecule has 1 rings (SSSR count). The lowest BCUT2D eigenvalue weighted by Gasteiger charge is -2.05. The molecule has 0 radical (unpaired) electrons.